The van der Waals surface area contributed by atoms with Crippen molar-refractivity contribution in [3.05, 3.63) is 65.5 Å². The van der Waals surface area contributed by atoms with Crippen LogP contribution in [-0.4, -0.2) is 23.2 Å². The van der Waals surface area contributed by atoms with Crippen molar-refractivity contribution in [3.8, 4) is 23.0 Å². The maximum absolute atomic E-state index is 11.0. The van der Waals surface area contributed by atoms with Crippen molar-refractivity contribution in [1.29, 1.82) is 0 Å². The van der Waals surface area contributed by atoms with E-state index in [1.54, 1.807) is 19.2 Å². The van der Waals surface area contributed by atoms with E-state index in [1.807, 2.05) is 31.2 Å². The van der Waals surface area contributed by atoms with Gasteiger partial charge in [0.2, 0.25) is 5.89 Å². The number of aromatic nitrogens is 1. The van der Waals surface area contributed by atoms with Crippen LogP contribution in [0.25, 0.3) is 11.5 Å². The van der Waals surface area contributed by atoms with Crippen molar-refractivity contribution in [1.82, 2.24) is 4.98 Å². The van der Waals surface area contributed by atoms with E-state index in [0.717, 1.165) is 11.3 Å². The lowest BCUT2D eigenvalue weighted by Crippen LogP contribution is -1.99. The minimum absolute atomic E-state index is 0.159. The second kappa shape index (κ2) is 7.09. The van der Waals surface area contributed by atoms with E-state index in [0.29, 0.717) is 23.1 Å². The second-order valence-electron chi connectivity index (χ2n) is 5.38. The van der Waals surface area contributed by atoms with Crippen LogP contribution in [0.15, 0.2) is 52.9 Å². The van der Waals surface area contributed by atoms with Gasteiger partial charge in [-0.2, -0.15) is 0 Å². The Hall–Kier alpha value is -3.28. The van der Waals surface area contributed by atoms with Crippen LogP contribution in [0.5, 0.6) is 11.5 Å². The van der Waals surface area contributed by atoms with E-state index >= 15 is 0 Å². The molecule has 0 amide bonds. The van der Waals surface area contributed by atoms with Crippen LogP contribution in [0.3, 0.4) is 0 Å². The molecule has 1 heterocycles. The van der Waals surface area contributed by atoms with Crippen LogP contribution < -0.4 is 9.47 Å². The molecule has 0 fully saturated rings. The van der Waals surface area contributed by atoms with E-state index in [4.69, 9.17) is 19.0 Å². The smallest absolute Gasteiger partial charge is 0.335 e. The van der Waals surface area contributed by atoms with E-state index in [9.17, 15) is 4.79 Å². The molecule has 0 spiro atoms. The van der Waals surface area contributed by atoms with Gasteiger partial charge in [-0.3, -0.25) is 0 Å². The Morgan fingerprint density at radius 2 is 1.92 bits per heavy atom. The summed E-state index contributed by atoms with van der Waals surface area (Å²) in [4.78, 5) is 15.4. The summed E-state index contributed by atoms with van der Waals surface area (Å²) in [5.41, 5.74) is 1.69. The molecule has 1 aromatic heterocycles. The lowest BCUT2D eigenvalue weighted by Gasteiger charge is -2.05. The number of aromatic carboxylic acids is 1. The minimum atomic E-state index is -0.999. The van der Waals surface area contributed by atoms with E-state index in [1.165, 1.54) is 12.1 Å². The zero-order valence-electron chi connectivity index (χ0n) is 13.9. The van der Waals surface area contributed by atoms with E-state index in [2.05, 4.69) is 4.98 Å². The Bertz CT molecular complexity index is 900. The summed E-state index contributed by atoms with van der Waals surface area (Å²) in [6.45, 7) is 1.99. The molecule has 6 nitrogen and oxygen atoms in total. The molecule has 25 heavy (non-hydrogen) atoms. The number of rotatable bonds is 6. The standard InChI is InChI=1S/C19H17NO5/c1-12-17(11-24-16-8-4-6-14(10-16)19(21)22)25-18(20-12)13-5-3-7-15(9-13)23-2/h3-10H,11H2,1-2H3,(H,21,22). The second-order valence-corrected chi connectivity index (χ2v) is 5.38. The molecule has 0 radical (unpaired) electrons. The van der Waals surface area contributed by atoms with Crippen LogP contribution in [0, 0.1) is 6.92 Å². The third-order valence-corrected chi connectivity index (χ3v) is 3.66. The minimum Gasteiger partial charge on any atom is -0.497 e. The summed E-state index contributed by atoms with van der Waals surface area (Å²) in [6, 6.07) is 13.7. The molecule has 0 bridgehead atoms. The van der Waals surface area contributed by atoms with Gasteiger partial charge in [0.15, 0.2) is 5.76 Å². The van der Waals surface area contributed by atoms with Crippen LogP contribution in [0.1, 0.15) is 21.8 Å². The lowest BCUT2D eigenvalue weighted by atomic mass is 10.2. The first-order valence-corrected chi connectivity index (χ1v) is 7.63. The Kier molecular flexibility index (Phi) is 4.70. The van der Waals surface area contributed by atoms with Gasteiger partial charge < -0.3 is 19.0 Å². The quantitative estimate of drug-likeness (QED) is 0.732. The number of benzene rings is 2. The summed E-state index contributed by atoms with van der Waals surface area (Å²) in [5, 5.41) is 9.02. The monoisotopic (exact) mass is 339 g/mol. The maximum atomic E-state index is 11.0. The van der Waals surface area contributed by atoms with Crippen LogP contribution in [0.4, 0.5) is 0 Å². The predicted octanol–water partition coefficient (Wildman–Crippen LogP) is 3.94. The van der Waals surface area contributed by atoms with Gasteiger partial charge in [0, 0.05) is 5.56 Å². The van der Waals surface area contributed by atoms with Gasteiger partial charge in [-0.05, 0) is 43.3 Å². The molecule has 6 heteroatoms. The van der Waals surface area contributed by atoms with Gasteiger partial charge in [-0.1, -0.05) is 12.1 Å². The fourth-order valence-electron chi connectivity index (χ4n) is 2.31. The van der Waals surface area contributed by atoms with Crippen molar-refractivity contribution in [2.75, 3.05) is 7.11 Å². The van der Waals surface area contributed by atoms with Gasteiger partial charge in [-0.25, -0.2) is 9.78 Å². The Labute approximate surface area is 144 Å². The highest BCUT2D eigenvalue weighted by Crippen LogP contribution is 2.26. The number of carbonyl (C=O) groups is 1. The molecule has 1 N–H and O–H groups in total. The van der Waals surface area contributed by atoms with E-state index in [-0.39, 0.29) is 12.2 Å². The number of ether oxygens (including phenoxy) is 2. The fourth-order valence-corrected chi connectivity index (χ4v) is 2.31. The van der Waals surface area contributed by atoms with Crippen LogP contribution >= 0.6 is 0 Å². The molecule has 0 aliphatic rings. The summed E-state index contributed by atoms with van der Waals surface area (Å²) in [5.74, 6) is 1.24. The summed E-state index contributed by atoms with van der Waals surface area (Å²) < 4.78 is 16.6. The Balaban J connectivity index is 1.77. The van der Waals surface area contributed by atoms with Gasteiger partial charge in [0.1, 0.15) is 18.1 Å². The van der Waals surface area contributed by atoms with Gasteiger partial charge >= 0.3 is 5.97 Å². The number of aryl methyl sites for hydroxylation is 1. The molecule has 2 aromatic carbocycles. The first-order chi connectivity index (χ1) is 12.1. The largest absolute Gasteiger partial charge is 0.497 e. The molecule has 0 atom stereocenters. The van der Waals surface area contributed by atoms with Crippen molar-refractivity contribution >= 4 is 5.97 Å². The summed E-state index contributed by atoms with van der Waals surface area (Å²) in [6.07, 6.45) is 0. The molecule has 0 unspecified atom stereocenters. The number of nitrogens with zero attached hydrogens (tertiary/aromatic N) is 1. The summed E-state index contributed by atoms with van der Waals surface area (Å²) in [7, 11) is 1.60. The molecule has 3 rings (SSSR count). The Morgan fingerprint density at radius 1 is 1.16 bits per heavy atom. The topological polar surface area (TPSA) is 81.8 Å². The summed E-state index contributed by atoms with van der Waals surface area (Å²) >= 11 is 0. The number of methoxy groups -OCH3 is 1. The van der Waals surface area contributed by atoms with Crippen LogP contribution in [0.2, 0.25) is 0 Å². The molecular weight excluding hydrogens is 322 g/mol. The van der Waals surface area contributed by atoms with Gasteiger partial charge in [0.25, 0.3) is 0 Å². The lowest BCUT2D eigenvalue weighted by molar-refractivity contribution is 0.0696. The third kappa shape index (κ3) is 3.80. The molecule has 0 saturated carbocycles. The van der Waals surface area contributed by atoms with E-state index < -0.39 is 5.97 Å². The average molecular weight is 339 g/mol. The number of carboxylic acids is 1. The zero-order valence-corrected chi connectivity index (χ0v) is 13.9. The molecule has 0 aliphatic carbocycles. The van der Waals surface area contributed by atoms with Crippen LogP contribution in [-0.2, 0) is 6.61 Å². The first kappa shape index (κ1) is 16.6. The highest BCUT2D eigenvalue weighted by Gasteiger charge is 2.13. The third-order valence-electron chi connectivity index (χ3n) is 3.66. The highest BCUT2D eigenvalue weighted by molar-refractivity contribution is 5.88. The number of hydrogen-bond donors (Lipinski definition) is 1. The fraction of sp³-hybridized carbons (Fsp3) is 0.158. The zero-order chi connectivity index (χ0) is 17.8. The SMILES string of the molecule is COc1cccc(-c2nc(C)c(COc3cccc(C(=O)O)c3)o2)c1. The maximum Gasteiger partial charge on any atom is 0.335 e. The number of carboxylic acid groups (broad SMARTS) is 1. The molecule has 128 valence electrons. The number of oxazole rings is 1. The Morgan fingerprint density at radius 3 is 2.68 bits per heavy atom. The molecule has 0 aliphatic heterocycles. The average Bonchev–Trinajstić information content (AvgIpc) is 3.01. The van der Waals surface area contributed by atoms with Crippen molar-refractivity contribution in [2.24, 2.45) is 0 Å². The molecule has 0 saturated heterocycles. The number of hydrogen-bond acceptors (Lipinski definition) is 5. The van der Waals surface area contributed by atoms with Gasteiger partial charge in [0.05, 0.1) is 18.4 Å². The molecule has 3 aromatic rings. The van der Waals surface area contributed by atoms with Gasteiger partial charge in [-0.15, -0.1) is 0 Å². The predicted molar refractivity (Wildman–Crippen MR) is 91.0 cm³/mol. The highest BCUT2D eigenvalue weighted by atomic mass is 16.5. The van der Waals surface area contributed by atoms with Crippen molar-refractivity contribution < 1.29 is 23.8 Å². The normalized spacial score (nSPS) is 10.5. The van der Waals surface area contributed by atoms with Crippen molar-refractivity contribution in [3.63, 3.8) is 0 Å². The van der Waals surface area contributed by atoms with Crippen molar-refractivity contribution in [2.45, 2.75) is 13.5 Å². The molecular formula is C19H17NO5. The first-order valence-electron chi connectivity index (χ1n) is 7.63.